The van der Waals surface area contributed by atoms with Gasteiger partial charge in [-0.2, -0.15) is 0 Å². The predicted octanol–water partition coefficient (Wildman–Crippen LogP) is 2.77. The van der Waals surface area contributed by atoms with E-state index in [1.54, 1.807) is 12.1 Å². The molecule has 1 amide bonds. The van der Waals surface area contributed by atoms with Gasteiger partial charge in [-0.25, -0.2) is 0 Å². The molecule has 2 aliphatic heterocycles. The Morgan fingerprint density at radius 1 is 1.23 bits per heavy atom. The van der Waals surface area contributed by atoms with Gasteiger partial charge in [-0.1, -0.05) is 18.0 Å². The van der Waals surface area contributed by atoms with Crippen molar-refractivity contribution in [1.29, 1.82) is 0 Å². The molecule has 1 aromatic rings. The summed E-state index contributed by atoms with van der Waals surface area (Å²) in [6, 6.07) is 5.20. The molecule has 7 nitrogen and oxygen atoms in total. The van der Waals surface area contributed by atoms with E-state index in [1.165, 1.54) is 12.5 Å². The first kappa shape index (κ1) is 18.9. The first-order chi connectivity index (χ1) is 12.5. The fourth-order valence-corrected chi connectivity index (χ4v) is 3.94. The third kappa shape index (κ3) is 4.27. The average Bonchev–Trinajstić information content (AvgIpc) is 2.63. The molecule has 0 aromatic heterocycles. The Morgan fingerprint density at radius 2 is 1.96 bits per heavy atom. The maximum absolute atomic E-state index is 12.6. The summed E-state index contributed by atoms with van der Waals surface area (Å²) in [5.74, 6) is 0.156. The van der Waals surface area contributed by atoms with Crippen molar-refractivity contribution in [2.45, 2.75) is 32.2 Å². The van der Waals surface area contributed by atoms with E-state index in [0.29, 0.717) is 49.5 Å². The largest absolute Gasteiger partial charge is 0.362 e. The summed E-state index contributed by atoms with van der Waals surface area (Å²) >= 11 is 5.89. The van der Waals surface area contributed by atoms with Crippen LogP contribution < -0.4 is 4.90 Å². The summed E-state index contributed by atoms with van der Waals surface area (Å²) in [7, 11) is 0. The zero-order valence-corrected chi connectivity index (χ0v) is 15.8. The molecule has 0 bridgehead atoms. The van der Waals surface area contributed by atoms with Crippen LogP contribution in [0.2, 0.25) is 5.02 Å². The van der Waals surface area contributed by atoms with Gasteiger partial charge in [0.05, 0.1) is 11.5 Å². The second-order valence-corrected chi connectivity index (χ2v) is 7.51. The maximum atomic E-state index is 12.6. The summed E-state index contributed by atoms with van der Waals surface area (Å²) in [5, 5.41) is 11.6. The quantitative estimate of drug-likeness (QED) is 0.593. The van der Waals surface area contributed by atoms with Crippen molar-refractivity contribution in [1.82, 2.24) is 9.80 Å². The number of nitro benzene ring substituents is 1. The van der Waals surface area contributed by atoms with Gasteiger partial charge in [0.15, 0.2) is 0 Å². The number of anilines is 1. The van der Waals surface area contributed by atoms with Crippen LogP contribution in [0.1, 0.15) is 26.2 Å². The molecule has 0 saturated carbocycles. The SMILES string of the molecule is C[C@@H]1CCCCN1CC(=O)N1CCN(c2ccc(Cl)cc2[N+](=O)[O-])CC1. The van der Waals surface area contributed by atoms with E-state index >= 15 is 0 Å². The highest BCUT2D eigenvalue weighted by atomic mass is 35.5. The Balaban J connectivity index is 1.59. The Bertz CT molecular complexity index is 676. The summed E-state index contributed by atoms with van der Waals surface area (Å²) in [6.07, 6.45) is 3.55. The number of hydrogen-bond acceptors (Lipinski definition) is 5. The van der Waals surface area contributed by atoms with Crippen LogP contribution in [0.15, 0.2) is 18.2 Å². The third-order valence-electron chi connectivity index (χ3n) is 5.39. The van der Waals surface area contributed by atoms with Crippen LogP contribution in [-0.4, -0.2) is 65.9 Å². The zero-order valence-electron chi connectivity index (χ0n) is 15.1. The van der Waals surface area contributed by atoms with E-state index in [9.17, 15) is 14.9 Å². The molecule has 8 heteroatoms. The summed E-state index contributed by atoms with van der Waals surface area (Å²) < 4.78 is 0. The normalized spacial score (nSPS) is 21.7. The standard InChI is InChI=1S/C18H25ClN4O3/c1-14-4-2-3-7-22(14)13-18(24)21-10-8-20(9-11-21)16-6-5-15(19)12-17(16)23(25)26/h5-6,12,14H,2-4,7-11,13H2,1H3/t14-/m1/s1. The number of likely N-dealkylation sites (tertiary alicyclic amines) is 1. The Kier molecular flexibility index (Phi) is 5.98. The van der Waals surface area contributed by atoms with Crippen LogP contribution in [0.5, 0.6) is 0 Å². The van der Waals surface area contributed by atoms with Gasteiger partial charge in [0.1, 0.15) is 5.69 Å². The lowest BCUT2D eigenvalue weighted by molar-refractivity contribution is -0.384. The van der Waals surface area contributed by atoms with Crippen LogP contribution in [0.3, 0.4) is 0 Å². The molecule has 142 valence electrons. The van der Waals surface area contributed by atoms with Gasteiger partial charge in [-0.15, -0.1) is 0 Å². The number of carbonyl (C=O) groups is 1. The van der Waals surface area contributed by atoms with Crippen LogP contribution in [0.25, 0.3) is 0 Å². The number of carbonyl (C=O) groups excluding carboxylic acids is 1. The van der Waals surface area contributed by atoms with Crippen molar-refractivity contribution in [3.63, 3.8) is 0 Å². The zero-order chi connectivity index (χ0) is 18.7. The summed E-state index contributed by atoms with van der Waals surface area (Å²) in [6.45, 7) is 5.99. The van der Waals surface area contributed by atoms with Crippen molar-refractivity contribution >= 4 is 28.9 Å². The molecule has 3 rings (SSSR count). The molecule has 1 atom stereocenters. The van der Waals surface area contributed by atoms with Gasteiger partial charge in [0.2, 0.25) is 5.91 Å². The molecule has 0 spiro atoms. The van der Waals surface area contributed by atoms with Gasteiger partial charge >= 0.3 is 0 Å². The maximum Gasteiger partial charge on any atom is 0.294 e. The lowest BCUT2D eigenvalue weighted by Gasteiger charge is -2.38. The first-order valence-corrected chi connectivity index (χ1v) is 9.54. The fourth-order valence-electron chi connectivity index (χ4n) is 3.77. The molecule has 26 heavy (non-hydrogen) atoms. The van der Waals surface area contributed by atoms with E-state index in [0.717, 1.165) is 19.4 Å². The Labute approximate surface area is 158 Å². The van der Waals surface area contributed by atoms with Gasteiger partial charge in [0.25, 0.3) is 5.69 Å². The smallest absolute Gasteiger partial charge is 0.294 e. The monoisotopic (exact) mass is 380 g/mol. The molecule has 2 aliphatic rings. The number of rotatable bonds is 4. The molecule has 1 aromatic carbocycles. The highest BCUT2D eigenvalue weighted by molar-refractivity contribution is 6.30. The minimum Gasteiger partial charge on any atom is -0.362 e. The summed E-state index contributed by atoms with van der Waals surface area (Å²) in [5.41, 5.74) is 0.579. The van der Waals surface area contributed by atoms with Crippen LogP contribution in [0.4, 0.5) is 11.4 Å². The molecule has 2 fully saturated rings. The van der Waals surface area contributed by atoms with Crippen molar-refractivity contribution in [2.24, 2.45) is 0 Å². The number of halogens is 1. The minimum atomic E-state index is -0.406. The van der Waals surface area contributed by atoms with E-state index in [1.807, 2.05) is 9.80 Å². The fraction of sp³-hybridized carbons (Fsp3) is 0.611. The molecule has 0 N–H and O–H groups in total. The number of amides is 1. The van der Waals surface area contributed by atoms with E-state index in [4.69, 9.17) is 11.6 Å². The van der Waals surface area contributed by atoms with Crippen LogP contribution >= 0.6 is 11.6 Å². The minimum absolute atomic E-state index is 0.0134. The number of nitrogens with zero attached hydrogens (tertiary/aromatic N) is 4. The number of piperazine rings is 1. The van der Waals surface area contributed by atoms with Crippen molar-refractivity contribution in [3.8, 4) is 0 Å². The van der Waals surface area contributed by atoms with Gasteiger partial charge in [-0.05, 0) is 38.4 Å². The second kappa shape index (κ2) is 8.22. The summed E-state index contributed by atoms with van der Waals surface area (Å²) in [4.78, 5) is 29.6. The van der Waals surface area contributed by atoms with E-state index in [2.05, 4.69) is 11.8 Å². The number of piperidine rings is 1. The number of hydrogen-bond donors (Lipinski definition) is 0. The highest BCUT2D eigenvalue weighted by Gasteiger charge is 2.28. The van der Waals surface area contributed by atoms with E-state index in [-0.39, 0.29) is 11.6 Å². The highest BCUT2D eigenvalue weighted by Crippen LogP contribution is 2.31. The average molecular weight is 381 g/mol. The van der Waals surface area contributed by atoms with Gasteiger partial charge in [-0.3, -0.25) is 19.8 Å². The van der Waals surface area contributed by atoms with Gasteiger partial charge < -0.3 is 9.80 Å². The first-order valence-electron chi connectivity index (χ1n) is 9.16. The van der Waals surface area contributed by atoms with E-state index < -0.39 is 4.92 Å². The third-order valence-corrected chi connectivity index (χ3v) is 5.62. The molecule has 0 radical (unpaired) electrons. The van der Waals surface area contributed by atoms with Gasteiger partial charge in [0, 0.05) is 43.3 Å². The topological polar surface area (TPSA) is 69.9 Å². The van der Waals surface area contributed by atoms with Crippen LogP contribution in [-0.2, 0) is 4.79 Å². The van der Waals surface area contributed by atoms with Crippen LogP contribution in [0, 0.1) is 10.1 Å². The molecular formula is C18H25ClN4O3. The van der Waals surface area contributed by atoms with Crippen molar-refractivity contribution < 1.29 is 9.72 Å². The van der Waals surface area contributed by atoms with Crippen molar-refractivity contribution in [3.05, 3.63) is 33.3 Å². The lowest BCUT2D eigenvalue weighted by Crippen LogP contribution is -2.52. The predicted molar refractivity (Wildman–Crippen MR) is 102 cm³/mol. The Hall–Kier alpha value is -1.86. The molecule has 0 aliphatic carbocycles. The van der Waals surface area contributed by atoms with Crippen molar-refractivity contribution in [2.75, 3.05) is 44.2 Å². The number of nitro groups is 1. The molecular weight excluding hydrogens is 356 g/mol. The number of benzene rings is 1. The lowest BCUT2D eigenvalue weighted by atomic mass is 10.0. The second-order valence-electron chi connectivity index (χ2n) is 7.07. The molecule has 0 unspecified atom stereocenters. The molecule has 2 heterocycles. The Morgan fingerprint density at radius 3 is 2.62 bits per heavy atom. The molecule has 2 saturated heterocycles.